The fourth-order valence-electron chi connectivity index (χ4n) is 4.18. The normalized spacial score (nSPS) is 13.1. The zero-order valence-corrected chi connectivity index (χ0v) is 20.2. The number of aromatic nitrogens is 2. The van der Waals surface area contributed by atoms with Gasteiger partial charge in [-0.3, -0.25) is 9.36 Å². The fraction of sp³-hybridized carbons (Fsp3) is 0.308. The second-order valence-electron chi connectivity index (χ2n) is 7.86. The molecule has 0 saturated carbocycles. The first-order chi connectivity index (χ1) is 16.2. The van der Waals surface area contributed by atoms with Crippen molar-refractivity contribution >= 4 is 33.3 Å². The molecule has 0 aliphatic heterocycles. The van der Waals surface area contributed by atoms with Gasteiger partial charge in [-0.25, -0.2) is 4.98 Å². The molecule has 0 atom stereocenters. The molecular weight excluding hydrogens is 452 g/mol. The molecule has 0 radical (unpaired) electrons. The number of aryl methyl sites for hydroxylation is 2. The van der Waals surface area contributed by atoms with Crippen LogP contribution in [0.1, 0.15) is 30.2 Å². The van der Waals surface area contributed by atoms with Gasteiger partial charge >= 0.3 is 0 Å². The van der Waals surface area contributed by atoms with Gasteiger partial charge in [-0.05, 0) is 74.6 Å². The molecule has 33 heavy (non-hydrogen) atoms. The Labute approximate surface area is 201 Å². The van der Waals surface area contributed by atoms with Crippen LogP contribution in [0.4, 0.5) is 0 Å². The summed E-state index contributed by atoms with van der Waals surface area (Å²) in [6.07, 6.45) is 4.36. The molecule has 0 amide bonds. The summed E-state index contributed by atoms with van der Waals surface area (Å²) in [5.74, 6) is 2.32. The van der Waals surface area contributed by atoms with Crippen LogP contribution in [0.2, 0.25) is 0 Å². The van der Waals surface area contributed by atoms with Gasteiger partial charge in [0, 0.05) is 10.6 Å². The van der Waals surface area contributed by atoms with Gasteiger partial charge in [0.2, 0.25) is 0 Å². The van der Waals surface area contributed by atoms with E-state index in [1.165, 1.54) is 16.9 Å². The minimum atomic E-state index is 0.0422. The lowest BCUT2D eigenvalue weighted by molar-refractivity contribution is 0.332. The van der Waals surface area contributed by atoms with Gasteiger partial charge in [0.15, 0.2) is 5.16 Å². The topological polar surface area (TPSA) is 53.4 Å². The van der Waals surface area contributed by atoms with Crippen molar-refractivity contribution in [2.45, 2.75) is 37.8 Å². The van der Waals surface area contributed by atoms with Crippen LogP contribution in [-0.4, -0.2) is 28.5 Å². The van der Waals surface area contributed by atoms with Crippen LogP contribution in [0.25, 0.3) is 15.9 Å². The summed E-state index contributed by atoms with van der Waals surface area (Å²) in [4.78, 5) is 20.9. The Hall–Kier alpha value is -2.77. The molecule has 1 aliphatic carbocycles. The molecule has 2 aromatic carbocycles. The van der Waals surface area contributed by atoms with Crippen molar-refractivity contribution < 1.29 is 9.47 Å². The van der Waals surface area contributed by atoms with Crippen molar-refractivity contribution in [1.29, 1.82) is 0 Å². The third-order valence-corrected chi connectivity index (χ3v) is 7.78. The van der Waals surface area contributed by atoms with Gasteiger partial charge in [0.05, 0.1) is 24.3 Å². The predicted molar refractivity (Wildman–Crippen MR) is 136 cm³/mol. The van der Waals surface area contributed by atoms with Gasteiger partial charge in [-0.15, -0.1) is 11.3 Å². The predicted octanol–water partition coefficient (Wildman–Crippen LogP) is 5.90. The molecule has 0 spiro atoms. The first-order valence-corrected chi connectivity index (χ1v) is 13.2. The molecule has 0 bridgehead atoms. The average Bonchev–Trinajstić information content (AvgIpc) is 3.22. The van der Waals surface area contributed by atoms with E-state index in [-0.39, 0.29) is 5.56 Å². The second kappa shape index (κ2) is 10.0. The summed E-state index contributed by atoms with van der Waals surface area (Å²) in [7, 11) is 0. The Kier molecular flexibility index (Phi) is 6.69. The van der Waals surface area contributed by atoms with Crippen LogP contribution in [0.15, 0.2) is 64.5 Å². The number of hydrogen-bond donors (Lipinski definition) is 0. The Morgan fingerprint density at radius 1 is 1.00 bits per heavy atom. The molecule has 1 aliphatic rings. The molecule has 2 heterocycles. The van der Waals surface area contributed by atoms with E-state index in [1.54, 1.807) is 27.7 Å². The number of rotatable bonds is 8. The summed E-state index contributed by atoms with van der Waals surface area (Å²) in [5.41, 5.74) is 2.11. The number of hydrogen-bond acceptors (Lipinski definition) is 6. The number of ether oxygens (including phenoxy) is 2. The first kappa shape index (κ1) is 22.0. The number of thiophene rings is 1. The monoisotopic (exact) mass is 478 g/mol. The van der Waals surface area contributed by atoms with Crippen molar-refractivity contribution in [2.75, 3.05) is 19.0 Å². The molecule has 5 nitrogen and oxygen atoms in total. The molecule has 0 unspecified atom stereocenters. The minimum absolute atomic E-state index is 0.0422. The highest BCUT2D eigenvalue weighted by molar-refractivity contribution is 7.99. The van der Waals surface area contributed by atoms with E-state index in [4.69, 9.17) is 14.5 Å². The van der Waals surface area contributed by atoms with Crippen molar-refractivity contribution in [3.05, 3.63) is 75.4 Å². The number of para-hydroxylation sites is 1. The summed E-state index contributed by atoms with van der Waals surface area (Å²) < 4.78 is 13.1. The van der Waals surface area contributed by atoms with Crippen LogP contribution >= 0.6 is 23.1 Å². The molecule has 7 heteroatoms. The van der Waals surface area contributed by atoms with Crippen molar-refractivity contribution in [2.24, 2.45) is 0 Å². The highest BCUT2D eigenvalue weighted by Crippen LogP contribution is 2.35. The maximum absolute atomic E-state index is 13.7. The molecule has 4 aromatic rings. The van der Waals surface area contributed by atoms with Gasteiger partial charge in [-0.2, -0.15) is 0 Å². The smallest absolute Gasteiger partial charge is 0.267 e. The minimum Gasteiger partial charge on any atom is -0.494 e. The summed E-state index contributed by atoms with van der Waals surface area (Å²) in [6.45, 7) is 3.13. The molecule has 170 valence electrons. The number of nitrogens with zero attached hydrogens (tertiary/aromatic N) is 2. The lowest BCUT2D eigenvalue weighted by atomic mass is 9.97. The Bertz CT molecular complexity index is 1300. The van der Waals surface area contributed by atoms with E-state index in [9.17, 15) is 4.79 Å². The Morgan fingerprint density at radius 2 is 1.73 bits per heavy atom. The van der Waals surface area contributed by atoms with Crippen molar-refractivity contribution in [1.82, 2.24) is 9.55 Å². The average molecular weight is 479 g/mol. The van der Waals surface area contributed by atoms with Gasteiger partial charge in [0.25, 0.3) is 5.56 Å². The van der Waals surface area contributed by atoms with E-state index in [2.05, 4.69) is 0 Å². The highest BCUT2D eigenvalue weighted by Gasteiger charge is 2.22. The van der Waals surface area contributed by atoms with Gasteiger partial charge < -0.3 is 9.47 Å². The zero-order chi connectivity index (χ0) is 22.6. The van der Waals surface area contributed by atoms with E-state index < -0.39 is 0 Å². The maximum Gasteiger partial charge on any atom is 0.267 e. The van der Waals surface area contributed by atoms with E-state index in [1.807, 2.05) is 61.5 Å². The lowest BCUT2D eigenvalue weighted by Crippen LogP contribution is -2.22. The second-order valence-corrected chi connectivity index (χ2v) is 10.0. The highest BCUT2D eigenvalue weighted by atomic mass is 32.2. The summed E-state index contributed by atoms with van der Waals surface area (Å²) in [6, 6.07) is 17.5. The number of fused-ring (bicyclic) bond motifs is 3. The summed E-state index contributed by atoms with van der Waals surface area (Å²) in [5, 5.41) is 1.53. The van der Waals surface area contributed by atoms with Crippen LogP contribution in [-0.2, 0) is 12.8 Å². The first-order valence-electron chi connectivity index (χ1n) is 11.4. The molecule has 0 saturated heterocycles. The molecule has 0 N–H and O–H groups in total. The van der Waals surface area contributed by atoms with E-state index in [0.29, 0.717) is 24.1 Å². The van der Waals surface area contributed by atoms with Crippen LogP contribution in [0.5, 0.6) is 11.5 Å². The molecular formula is C26H26N2O3S2. The van der Waals surface area contributed by atoms with Gasteiger partial charge in [0.1, 0.15) is 16.3 Å². The standard InChI is InChI=1S/C26H26N2O3S2/c1-2-30-19-12-14-20(15-13-19)31-16-17-32-26-27-24-23(21-10-6-7-11-22(21)33-24)25(29)28(26)18-8-4-3-5-9-18/h3-5,8-9,12-15H,2,6-7,10-11,16-17H2,1H3. The van der Waals surface area contributed by atoms with Crippen molar-refractivity contribution in [3.63, 3.8) is 0 Å². The Morgan fingerprint density at radius 3 is 2.48 bits per heavy atom. The molecule has 2 aromatic heterocycles. The van der Waals surface area contributed by atoms with E-state index >= 15 is 0 Å². The molecule has 0 fully saturated rings. The van der Waals surface area contributed by atoms with E-state index in [0.717, 1.165) is 46.7 Å². The number of benzene rings is 2. The van der Waals surface area contributed by atoms with Gasteiger partial charge in [-0.1, -0.05) is 30.0 Å². The maximum atomic E-state index is 13.7. The third kappa shape index (κ3) is 4.66. The third-order valence-electron chi connectivity index (χ3n) is 5.69. The number of thioether (sulfide) groups is 1. The van der Waals surface area contributed by atoms with Crippen LogP contribution in [0.3, 0.4) is 0 Å². The Balaban J connectivity index is 1.40. The largest absolute Gasteiger partial charge is 0.494 e. The quantitative estimate of drug-likeness (QED) is 0.179. The fourth-order valence-corrected chi connectivity index (χ4v) is 6.31. The molecule has 5 rings (SSSR count). The lowest BCUT2D eigenvalue weighted by Gasteiger charge is -2.14. The zero-order valence-electron chi connectivity index (χ0n) is 18.6. The van der Waals surface area contributed by atoms with Crippen LogP contribution < -0.4 is 15.0 Å². The van der Waals surface area contributed by atoms with Crippen LogP contribution in [0, 0.1) is 0 Å². The van der Waals surface area contributed by atoms with Crippen molar-refractivity contribution in [3.8, 4) is 17.2 Å². The SMILES string of the molecule is CCOc1ccc(OCCSc2nc3sc4c(c3c(=O)n2-c2ccccc2)CCCC4)cc1. The summed E-state index contributed by atoms with van der Waals surface area (Å²) >= 11 is 3.25.